The molecule has 9 heteroatoms. The van der Waals surface area contributed by atoms with Crippen molar-refractivity contribution in [2.75, 3.05) is 11.9 Å². The van der Waals surface area contributed by atoms with E-state index in [4.69, 9.17) is 4.74 Å². The van der Waals surface area contributed by atoms with Crippen LogP contribution in [-0.2, 0) is 4.79 Å². The number of benzene rings is 2. The first-order valence-corrected chi connectivity index (χ1v) is 9.52. The summed E-state index contributed by atoms with van der Waals surface area (Å²) in [5.41, 5.74) is 2.35. The zero-order chi connectivity index (χ0) is 22.0. The van der Waals surface area contributed by atoms with Gasteiger partial charge in [0.2, 0.25) is 0 Å². The first kappa shape index (κ1) is 20.0. The van der Waals surface area contributed by atoms with Crippen LogP contribution in [0.3, 0.4) is 0 Å². The van der Waals surface area contributed by atoms with Gasteiger partial charge in [0.1, 0.15) is 5.82 Å². The van der Waals surface area contributed by atoms with E-state index in [0.717, 1.165) is 16.5 Å². The number of hydrogen-bond donors (Lipinski definition) is 1. The van der Waals surface area contributed by atoms with Crippen LogP contribution in [0.1, 0.15) is 11.3 Å². The predicted molar refractivity (Wildman–Crippen MR) is 116 cm³/mol. The highest BCUT2D eigenvalue weighted by molar-refractivity contribution is 5.91. The third-order valence-corrected chi connectivity index (χ3v) is 4.65. The number of aryl methyl sites for hydroxylation is 2. The Labute approximate surface area is 177 Å². The molecule has 4 rings (SSSR count). The maximum Gasteiger partial charge on any atom is 0.310 e. The minimum atomic E-state index is -0.556. The van der Waals surface area contributed by atoms with Crippen LogP contribution in [-0.4, -0.2) is 32.2 Å². The summed E-state index contributed by atoms with van der Waals surface area (Å²) in [5, 5.41) is 19.3. The SMILES string of the molecule is Cc1cc(NC(=O)COc2ccccc2[N+](=O)[O-])n(-c2cc(C)c3ccccc3n2)n1. The van der Waals surface area contributed by atoms with E-state index in [9.17, 15) is 14.9 Å². The van der Waals surface area contributed by atoms with Crippen molar-refractivity contribution in [2.24, 2.45) is 0 Å². The molecular weight excluding hydrogens is 398 g/mol. The Morgan fingerprint density at radius 2 is 1.87 bits per heavy atom. The highest BCUT2D eigenvalue weighted by Gasteiger charge is 2.17. The lowest BCUT2D eigenvalue weighted by atomic mass is 10.1. The van der Waals surface area contributed by atoms with Crippen molar-refractivity contribution in [3.05, 3.63) is 82.0 Å². The lowest BCUT2D eigenvalue weighted by Crippen LogP contribution is -2.22. The number of hydrogen-bond acceptors (Lipinski definition) is 6. The number of amides is 1. The molecule has 9 nitrogen and oxygen atoms in total. The molecule has 0 bridgehead atoms. The molecule has 0 atom stereocenters. The molecule has 0 unspecified atom stereocenters. The molecule has 0 aliphatic carbocycles. The van der Waals surface area contributed by atoms with Gasteiger partial charge in [-0.3, -0.25) is 14.9 Å². The molecule has 2 aromatic heterocycles. The number of aromatic nitrogens is 3. The van der Waals surface area contributed by atoms with Crippen molar-refractivity contribution in [3.63, 3.8) is 0 Å². The lowest BCUT2D eigenvalue weighted by Gasteiger charge is -2.11. The summed E-state index contributed by atoms with van der Waals surface area (Å²) in [7, 11) is 0. The molecule has 2 heterocycles. The van der Waals surface area contributed by atoms with Crippen molar-refractivity contribution in [1.82, 2.24) is 14.8 Å². The van der Waals surface area contributed by atoms with E-state index in [1.807, 2.05) is 44.2 Å². The molecule has 156 valence electrons. The van der Waals surface area contributed by atoms with E-state index in [-0.39, 0.29) is 18.0 Å². The zero-order valence-electron chi connectivity index (χ0n) is 16.9. The van der Waals surface area contributed by atoms with Crippen molar-refractivity contribution in [2.45, 2.75) is 13.8 Å². The highest BCUT2D eigenvalue weighted by Crippen LogP contribution is 2.26. The average Bonchev–Trinajstić information content (AvgIpc) is 3.12. The number of ether oxygens (including phenoxy) is 1. The molecule has 1 amide bonds. The highest BCUT2D eigenvalue weighted by atomic mass is 16.6. The number of nitro benzene ring substituents is 1. The number of fused-ring (bicyclic) bond motifs is 1. The molecule has 0 saturated carbocycles. The van der Waals surface area contributed by atoms with Crippen LogP contribution < -0.4 is 10.1 Å². The van der Waals surface area contributed by atoms with Crippen molar-refractivity contribution in [1.29, 1.82) is 0 Å². The number of pyridine rings is 1. The minimum absolute atomic E-state index is 0.0270. The second-order valence-corrected chi connectivity index (χ2v) is 6.96. The van der Waals surface area contributed by atoms with Gasteiger partial charge in [0.15, 0.2) is 18.2 Å². The first-order valence-electron chi connectivity index (χ1n) is 9.52. The smallest absolute Gasteiger partial charge is 0.310 e. The van der Waals surface area contributed by atoms with Crippen LogP contribution >= 0.6 is 0 Å². The third-order valence-electron chi connectivity index (χ3n) is 4.65. The summed E-state index contributed by atoms with van der Waals surface area (Å²) in [5.74, 6) is 0.547. The Balaban J connectivity index is 1.56. The number of para-hydroxylation sites is 3. The number of carbonyl (C=O) groups is 1. The molecule has 1 N–H and O–H groups in total. The maximum absolute atomic E-state index is 12.5. The summed E-state index contributed by atoms with van der Waals surface area (Å²) >= 11 is 0. The van der Waals surface area contributed by atoms with Gasteiger partial charge in [-0.1, -0.05) is 30.3 Å². The molecule has 0 aliphatic heterocycles. The summed E-state index contributed by atoms with van der Waals surface area (Å²) in [6.07, 6.45) is 0. The number of anilines is 1. The van der Waals surface area contributed by atoms with Gasteiger partial charge < -0.3 is 10.1 Å². The Morgan fingerprint density at radius 1 is 1.13 bits per heavy atom. The topological polar surface area (TPSA) is 112 Å². The standard InChI is InChI=1S/C22H19N5O4/c1-14-11-20(23-17-8-4-3-7-16(14)17)26-21(12-15(2)25-26)24-22(28)13-31-19-10-6-5-9-18(19)27(29)30/h3-12H,13H2,1-2H3,(H,24,28). The average molecular weight is 417 g/mol. The Morgan fingerprint density at radius 3 is 2.68 bits per heavy atom. The van der Waals surface area contributed by atoms with Gasteiger partial charge in [0.05, 0.1) is 16.1 Å². The van der Waals surface area contributed by atoms with Crippen LogP contribution in [0.2, 0.25) is 0 Å². The summed E-state index contributed by atoms with van der Waals surface area (Å²) in [6.45, 7) is 3.41. The number of carbonyl (C=O) groups excluding carboxylic acids is 1. The first-order chi connectivity index (χ1) is 14.9. The minimum Gasteiger partial charge on any atom is -0.477 e. The Kier molecular flexibility index (Phi) is 5.31. The fourth-order valence-electron chi connectivity index (χ4n) is 3.26. The largest absolute Gasteiger partial charge is 0.477 e. The summed E-state index contributed by atoms with van der Waals surface area (Å²) < 4.78 is 6.92. The molecule has 0 spiro atoms. The summed E-state index contributed by atoms with van der Waals surface area (Å²) in [4.78, 5) is 27.7. The van der Waals surface area contributed by atoms with Gasteiger partial charge in [-0.15, -0.1) is 0 Å². The molecular formula is C22H19N5O4. The molecule has 2 aromatic carbocycles. The van der Waals surface area contributed by atoms with Crippen LogP contribution in [0, 0.1) is 24.0 Å². The number of rotatable bonds is 6. The van der Waals surface area contributed by atoms with E-state index in [1.165, 1.54) is 18.2 Å². The van der Waals surface area contributed by atoms with Gasteiger partial charge >= 0.3 is 5.69 Å². The van der Waals surface area contributed by atoms with Crippen LogP contribution in [0.25, 0.3) is 16.7 Å². The van der Waals surface area contributed by atoms with Crippen LogP contribution in [0.5, 0.6) is 5.75 Å². The van der Waals surface area contributed by atoms with Crippen molar-refractivity contribution >= 4 is 28.3 Å². The van der Waals surface area contributed by atoms with Crippen LogP contribution in [0.15, 0.2) is 60.7 Å². The number of nitrogens with zero attached hydrogens (tertiary/aromatic N) is 4. The van der Waals surface area contributed by atoms with Gasteiger partial charge in [0.25, 0.3) is 5.91 Å². The van der Waals surface area contributed by atoms with Gasteiger partial charge in [-0.25, -0.2) is 4.98 Å². The maximum atomic E-state index is 12.5. The Hall–Kier alpha value is -4.27. The predicted octanol–water partition coefficient (Wildman–Crippen LogP) is 3.96. The molecule has 0 radical (unpaired) electrons. The van der Waals surface area contributed by atoms with E-state index in [0.29, 0.717) is 17.3 Å². The molecule has 4 aromatic rings. The van der Waals surface area contributed by atoms with Crippen molar-refractivity contribution < 1.29 is 14.5 Å². The van der Waals surface area contributed by atoms with E-state index >= 15 is 0 Å². The summed E-state index contributed by atoms with van der Waals surface area (Å²) in [6, 6.07) is 17.3. The fourth-order valence-corrected chi connectivity index (χ4v) is 3.26. The third kappa shape index (κ3) is 4.20. The van der Waals surface area contributed by atoms with E-state index < -0.39 is 10.8 Å². The van der Waals surface area contributed by atoms with Gasteiger partial charge in [-0.2, -0.15) is 9.78 Å². The van der Waals surface area contributed by atoms with Crippen LogP contribution in [0.4, 0.5) is 11.5 Å². The van der Waals surface area contributed by atoms with Gasteiger partial charge in [-0.05, 0) is 37.6 Å². The molecule has 0 saturated heterocycles. The fraction of sp³-hybridized carbons (Fsp3) is 0.136. The van der Waals surface area contributed by atoms with E-state index in [1.54, 1.807) is 16.8 Å². The molecule has 31 heavy (non-hydrogen) atoms. The zero-order valence-corrected chi connectivity index (χ0v) is 16.9. The number of nitro groups is 1. The number of nitrogens with one attached hydrogen (secondary N) is 1. The van der Waals surface area contributed by atoms with E-state index in [2.05, 4.69) is 15.4 Å². The second-order valence-electron chi connectivity index (χ2n) is 6.96. The molecule has 0 aliphatic rings. The lowest BCUT2D eigenvalue weighted by molar-refractivity contribution is -0.385. The molecule has 0 fully saturated rings. The van der Waals surface area contributed by atoms with Crippen molar-refractivity contribution in [3.8, 4) is 11.6 Å². The van der Waals surface area contributed by atoms with Gasteiger partial charge in [0, 0.05) is 17.5 Å². The normalized spacial score (nSPS) is 10.8. The monoisotopic (exact) mass is 417 g/mol. The Bertz CT molecular complexity index is 1300. The second kappa shape index (κ2) is 8.23. The quantitative estimate of drug-likeness (QED) is 0.375.